The molecule has 0 aliphatic rings. The van der Waals surface area contributed by atoms with Crippen molar-refractivity contribution in [3.63, 3.8) is 0 Å². The Hall–Kier alpha value is -1.57. The largest absolute Gasteiger partial charge is 0.478 e. The molecule has 0 aromatic heterocycles. The van der Waals surface area contributed by atoms with E-state index in [1.165, 1.54) is 12.2 Å². The molecule has 1 unspecified atom stereocenters. The molecule has 0 spiro atoms. The molecular weight excluding hydrogens is 282 g/mol. The highest BCUT2D eigenvalue weighted by Gasteiger charge is 2.02. The Balaban J connectivity index is 0. The van der Waals surface area contributed by atoms with E-state index in [9.17, 15) is 14.7 Å². The second kappa shape index (κ2) is 18.4. The fourth-order valence-electron chi connectivity index (χ4n) is 0.989. The van der Waals surface area contributed by atoms with Gasteiger partial charge in [0.2, 0.25) is 6.08 Å². The van der Waals surface area contributed by atoms with Gasteiger partial charge in [0.05, 0.1) is 45.7 Å². The predicted molar refractivity (Wildman–Crippen MR) is 74.8 cm³/mol. The van der Waals surface area contributed by atoms with Crippen molar-refractivity contribution in [3.8, 4) is 0 Å². The summed E-state index contributed by atoms with van der Waals surface area (Å²) in [6.45, 7) is 3.15. The molecule has 8 heteroatoms. The number of isocyanates is 1. The predicted octanol–water partition coefficient (Wildman–Crippen LogP) is -0.254. The average Bonchev–Trinajstić information content (AvgIpc) is 2.43. The van der Waals surface area contributed by atoms with Crippen LogP contribution in [0.1, 0.15) is 13.3 Å². The molecule has 21 heavy (non-hydrogen) atoms. The van der Waals surface area contributed by atoms with Gasteiger partial charge in [0, 0.05) is 6.08 Å². The SMILES string of the molecule is CC=CC(=O)O.O=C=NCCC(O)COCCOCCO. The number of aliphatic imine (C=N–C) groups is 1. The van der Waals surface area contributed by atoms with Crippen LogP contribution in [0.4, 0.5) is 0 Å². The zero-order valence-corrected chi connectivity index (χ0v) is 12.1. The van der Waals surface area contributed by atoms with Crippen molar-refractivity contribution in [1.82, 2.24) is 0 Å². The van der Waals surface area contributed by atoms with Crippen LogP contribution in [-0.2, 0) is 19.1 Å². The van der Waals surface area contributed by atoms with Gasteiger partial charge in [0.15, 0.2) is 0 Å². The number of carbonyl (C=O) groups excluding carboxylic acids is 1. The van der Waals surface area contributed by atoms with Crippen molar-refractivity contribution in [2.24, 2.45) is 4.99 Å². The summed E-state index contributed by atoms with van der Waals surface area (Å²) in [5.74, 6) is -0.891. The molecule has 0 radical (unpaired) electrons. The Morgan fingerprint density at radius 2 is 2.00 bits per heavy atom. The summed E-state index contributed by atoms with van der Waals surface area (Å²) in [5, 5.41) is 25.5. The highest BCUT2D eigenvalue weighted by Crippen LogP contribution is 1.93. The summed E-state index contributed by atoms with van der Waals surface area (Å²) in [6.07, 6.45) is 3.71. The van der Waals surface area contributed by atoms with Crippen LogP contribution in [0.25, 0.3) is 0 Å². The summed E-state index contributed by atoms with van der Waals surface area (Å²) < 4.78 is 10.0. The number of aliphatic hydroxyl groups excluding tert-OH is 2. The summed E-state index contributed by atoms with van der Waals surface area (Å²) in [7, 11) is 0. The number of aliphatic carboxylic acids is 1. The molecular formula is C13H23NO7. The lowest BCUT2D eigenvalue weighted by atomic mass is 10.3. The number of carboxylic acid groups (broad SMARTS) is 1. The molecule has 0 saturated carbocycles. The van der Waals surface area contributed by atoms with Crippen molar-refractivity contribution in [1.29, 1.82) is 0 Å². The fraction of sp³-hybridized carbons (Fsp3) is 0.692. The Morgan fingerprint density at radius 1 is 1.33 bits per heavy atom. The Bertz CT molecular complexity index is 314. The van der Waals surface area contributed by atoms with E-state index in [-0.39, 0.29) is 19.8 Å². The van der Waals surface area contributed by atoms with Crippen LogP contribution in [0.15, 0.2) is 17.1 Å². The molecule has 0 heterocycles. The summed E-state index contributed by atoms with van der Waals surface area (Å²) >= 11 is 0. The first kappa shape index (κ1) is 21.7. The summed E-state index contributed by atoms with van der Waals surface area (Å²) in [6, 6.07) is 0. The minimum atomic E-state index is -0.891. The molecule has 0 fully saturated rings. The zero-order chi connectivity index (χ0) is 16.3. The molecule has 0 rings (SSSR count). The van der Waals surface area contributed by atoms with Gasteiger partial charge in [-0.25, -0.2) is 14.6 Å². The van der Waals surface area contributed by atoms with Gasteiger partial charge < -0.3 is 24.8 Å². The maximum absolute atomic E-state index is 9.71. The molecule has 3 N–H and O–H groups in total. The van der Waals surface area contributed by atoms with E-state index in [4.69, 9.17) is 19.7 Å². The molecule has 0 saturated heterocycles. The standard InChI is InChI=1S/C9H17NO5.C4H6O2/c11-3-4-14-5-6-15-7-9(13)1-2-10-8-12;1-2-3-4(5)6/h9,11,13H,1-7H2;2-3H,1H3,(H,5,6). The lowest BCUT2D eigenvalue weighted by Gasteiger charge is -2.09. The monoisotopic (exact) mass is 305 g/mol. The van der Waals surface area contributed by atoms with Crippen LogP contribution >= 0.6 is 0 Å². The third-order valence-electron chi connectivity index (χ3n) is 1.87. The first-order valence-corrected chi connectivity index (χ1v) is 6.42. The number of ether oxygens (including phenoxy) is 2. The second-order valence-electron chi connectivity index (χ2n) is 3.66. The molecule has 0 aliphatic heterocycles. The Kier molecular flexibility index (Phi) is 19.1. The van der Waals surface area contributed by atoms with Gasteiger partial charge >= 0.3 is 5.97 Å². The van der Waals surface area contributed by atoms with Gasteiger partial charge in [-0.3, -0.25) is 0 Å². The molecule has 0 aromatic carbocycles. The number of carboxylic acids is 1. The molecule has 0 amide bonds. The first-order valence-electron chi connectivity index (χ1n) is 6.42. The molecule has 0 bridgehead atoms. The van der Waals surface area contributed by atoms with E-state index < -0.39 is 12.1 Å². The van der Waals surface area contributed by atoms with Gasteiger partial charge in [-0.1, -0.05) is 6.08 Å². The number of nitrogens with zero attached hydrogens (tertiary/aromatic N) is 1. The quantitative estimate of drug-likeness (QED) is 0.208. The number of hydrogen-bond donors (Lipinski definition) is 3. The first-order chi connectivity index (χ1) is 10.1. The van der Waals surface area contributed by atoms with Crippen molar-refractivity contribution < 1.29 is 34.4 Å². The average molecular weight is 305 g/mol. The fourth-order valence-corrected chi connectivity index (χ4v) is 0.989. The third kappa shape index (κ3) is 23.9. The maximum atomic E-state index is 9.71. The molecule has 1 atom stereocenters. The van der Waals surface area contributed by atoms with E-state index in [1.54, 1.807) is 6.92 Å². The molecule has 0 aliphatic carbocycles. The second-order valence-corrected chi connectivity index (χ2v) is 3.66. The molecule has 8 nitrogen and oxygen atoms in total. The van der Waals surface area contributed by atoms with E-state index in [1.807, 2.05) is 0 Å². The topological polar surface area (TPSA) is 126 Å². The van der Waals surface area contributed by atoms with Crippen LogP contribution in [-0.4, -0.2) is 73.1 Å². The minimum absolute atomic E-state index is 0.00761. The lowest BCUT2D eigenvalue weighted by molar-refractivity contribution is -0.131. The number of allylic oxidation sites excluding steroid dienone is 1. The summed E-state index contributed by atoms with van der Waals surface area (Å²) in [4.78, 5) is 22.5. The highest BCUT2D eigenvalue weighted by molar-refractivity contribution is 5.79. The van der Waals surface area contributed by atoms with Crippen LogP contribution < -0.4 is 0 Å². The van der Waals surface area contributed by atoms with Gasteiger partial charge in [-0.15, -0.1) is 0 Å². The van der Waals surface area contributed by atoms with Gasteiger partial charge in [0.1, 0.15) is 0 Å². The van der Waals surface area contributed by atoms with Crippen LogP contribution in [0.5, 0.6) is 0 Å². The summed E-state index contributed by atoms with van der Waals surface area (Å²) in [5.41, 5.74) is 0. The number of carbonyl (C=O) groups is 1. The Labute approximate surface area is 123 Å². The van der Waals surface area contributed by atoms with Crippen molar-refractivity contribution in [3.05, 3.63) is 12.2 Å². The minimum Gasteiger partial charge on any atom is -0.478 e. The Morgan fingerprint density at radius 3 is 2.48 bits per heavy atom. The molecule has 122 valence electrons. The van der Waals surface area contributed by atoms with Crippen LogP contribution in [0.2, 0.25) is 0 Å². The zero-order valence-electron chi connectivity index (χ0n) is 12.1. The van der Waals surface area contributed by atoms with Crippen molar-refractivity contribution in [2.75, 3.05) is 39.6 Å². The number of rotatable bonds is 11. The maximum Gasteiger partial charge on any atom is 0.327 e. The van der Waals surface area contributed by atoms with Crippen LogP contribution in [0.3, 0.4) is 0 Å². The van der Waals surface area contributed by atoms with Crippen molar-refractivity contribution >= 4 is 12.0 Å². The van der Waals surface area contributed by atoms with Crippen LogP contribution in [0, 0.1) is 0 Å². The van der Waals surface area contributed by atoms with E-state index in [2.05, 4.69) is 4.99 Å². The van der Waals surface area contributed by atoms with Gasteiger partial charge in [-0.05, 0) is 13.3 Å². The highest BCUT2D eigenvalue weighted by atomic mass is 16.5. The number of aliphatic hydroxyl groups is 2. The normalized spacial score (nSPS) is 11.4. The smallest absolute Gasteiger partial charge is 0.327 e. The van der Waals surface area contributed by atoms with Gasteiger partial charge in [-0.2, -0.15) is 0 Å². The van der Waals surface area contributed by atoms with Crippen molar-refractivity contribution in [2.45, 2.75) is 19.4 Å². The van der Waals surface area contributed by atoms with E-state index >= 15 is 0 Å². The number of hydrogen-bond acceptors (Lipinski definition) is 7. The van der Waals surface area contributed by atoms with E-state index in [0.717, 1.165) is 6.08 Å². The molecule has 0 aromatic rings. The lowest BCUT2D eigenvalue weighted by Crippen LogP contribution is -2.18. The van der Waals surface area contributed by atoms with Gasteiger partial charge in [0.25, 0.3) is 0 Å². The van der Waals surface area contributed by atoms with E-state index in [0.29, 0.717) is 26.2 Å². The third-order valence-corrected chi connectivity index (χ3v) is 1.87.